The zero-order chi connectivity index (χ0) is 20.2. The van der Waals surface area contributed by atoms with E-state index in [9.17, 15) is 9.90 Å². The molecular weight excluding hydrogens is 362 g/mol. The van der Waals surface area contributed by atoms with Gasteiger partial charge in [0.2, 0.25) is 0 Å². The van der Waals surface area contributed by atoms with Crippen molar-refractivity contribution in [3.8, 4) is 5.75 Å². The molecule has 4 bridgehead atoms. The zero-order valence-corrected chi connectivity index (χ0v) is 17.9. The van der Waals surface area contributed by atoms with Gasteiger partial charge in [0.05, 0.1) is 18.3 Å². The Kier molecular flexibility index (Phi) is 4.89. The molecule has 158 valence electrons. The predicted octanol–water partition coefficient (Wildman–Crippen LogP) is 4.75. The molecule has 1 N–H and O–H groups in total. The van der Waals surface area contributed by atoms with E-state index in [1.165, 1.54) is 50.5 Å². The first kappa shape index (κ1) is 19.4. The summed E-state index contributed by atoms with van der Waals surface area (Å²) in [6, 6.07) is 6.38. The average Bonchev–Trinajstić information content (AvgIpc) is 2.71. The van der Waals surface area contributed by atoms with Crippen molar-refractivity contribution >= 4 is 5.91 Å². The van der Waals surface area contributed by atoms with E-state index >= 15 is 0 Å². The molecule has 0 saturated heterocycles. The third kappa shape index (κ3) is 3.28. The molecule has 29 heavy (non-hydrogen) atoms. The first-order valence-electron chi connectivity index (χ1n) is 11.7. The van der Waals surface area contributed by atoms with Gasteiger partial charge in [-0.05, 0) is 80.2 Å². The summed E-state index contributed by atoms with van der Waals surface area (Å²) in [5.41, 5.74) is 1.46. The molecule has 5 fully saturated rings. The fraction of sp³-hybridized carbons (Fsp3) is 0.720. The van der Waals surface area contributed by atoms with Crippen molar-refractivity contribution in [3.05, 3.63) is 29.3 Å². The molecule has 0 aliphatic heterocycles. The minimum absolute atomic E-state index is 0.0870. The highest BCUT2D eigenvalue weighted by Gasteiger charge is 2.56. The topological polar surface area (TPSA) is 49.8 Å². The van der Waals surface area contributed by atoms with Crippen molar-refractivity contribution in [2.24, 2.45) is 17.8 Å². The quantitative estimate of drug-likeness (QED) is 0.797. The maximum Gasteiger partial charge on any atom is 0.257 e. The molecule has 5 aliphatic rings. The Hall–Kier alpha value is -1.55. The van der Waals surface area contributed by atoms with E-state index < -0.39 is 5.60 Å². The smallest absolute Gasteiger partial charge is 0.257 e. The molecule has 0 spiro atoms. The normalized spacial score (nSPS) is 36.2. The SMILES string of the molecule is COc1c(C(=O)N(C)C2C3CC4CC2CC(O)(C4)C3)cccc1C1CCCCC1. The lowest BCUT2D eigenvalue weighted by atomic mass is 9.52. The summed E-state index contributed by atoms with van der Waals surface area (Å²) in [5.74, 6) is 2.91. The largest absolute Gasteiger partial charge is 0.496 e. The van der Waals surface area contributed by atoms with Crippen molar-refractivity contribution in [3.63, 3.8) is 0 Å². The van der Waals surface area contributed by atoms with Crippen LogP contribution >= 0.6 is 0 Å². The second-order valence-corrected chi connectivity index (χ2v) is 10.4. The van der Waals surface area contributed by atoms with Crippen LogP contribution in [0.4, 0.5) is 0 Å². The fourth-order valence-electron chi connectivity index (χ4n) is 7.60. The molecule has 6 rings (SSSR count). The highest BCUT2D eigenvalue weighted by atomic mass is 16.5. The number of aliphatic hydroxyl groups is 1. The van der Waals surface area contributed by atoms with Gasteiger partial charge in [-0.25, -0.2) is 0 Å². The summed E-state index contributed by atoms with van der Waals surface area (Å²) in [4.78, 5) is 15.6. The van der Waals surface area contributed by atoms with Crippen LogP contribution in [-0.2, 0) is 0 Å². The molecule has 4 heteroatoms. The zero-order valence-electron chi connectivity index (χ0n) is 17.9. The van der Waals surface area contributed by atoms with Crippen LogP contribution in [-0.4, -0.2) is 41.7 Å². The Morgan fingerprint density at radius 1 is 1.10 bits per heavy atom. The summed E-state index contributed by atoms with van der Waals surface area (Å²) in [7, 11) is 3.68. The van der Waals surface area contributed by atoms with Gasteiger partial charge in [0, 0.05) is 13.1 Å². The molecule has 0 aromatic heterocycles. The molecule has 1 aromatic rings. The first-order valence-corrected chi connectivity index (χ1v) is 11.7. The molecule has 2 unspecified atom stereocenters. The van der Waals surface area contributed by atoms with Crippen molar-refractivity contribution < 1.29 is 14.6 Å². The van der Waals surface area contributed by atoms with Gasteiger partial charge in [0.1, 0.15) is 5.75 Å². The van der Waals surface area contributed by atoms with E-state index in [1.54, 1.807) is 7.11 Å². The summed E-state index contributed by atoms with van der Waals surface area (Å²) < 4.78 is 5.83. The number of hydrogen-bond donors (Lipinski definition) is 1. The Balaban J connectivity index is 1.42. The molecule has 4 nitrogen and oxygen atoms in total. The Morgan fingerprint density at radius 3 is 2.41 bits per heavy atom. The van der Waals surface area contributed by atoms with Gasteiger partial charge in [-0.3, -0.25) is 4.79 Å². The lowest BCUT2D eigenvalue weighted by Crippen LogP contribution is -2.61. The summed E-state index contributed by atoms with van der Waals surface area (Å²) in [6.07, 6.45) is 11.3. The van der Waals surface area contributed by atoms with Crippen LogP contribution in [0.2, 0.25) is 0 Å². The van der Waals surface area contributed by atoms with Crippen molar-refractivity contribution in [1.29, 1.82) is 0 Å². The Bertz CT molecular complexity index is 768. The van der Waals surface area contributed by atoms with E-state index in [2.05, 4.69) is 6.07 Å². The average molecular weight is 398 g/mol. The van der Waals surface area contributed by atoms with Gasteiger partial charge in [0.15, 0.2) is 0 Å². The minimum atomic E-state index is -0.463. The van der Waals surface area contributed by atoms with Crippen LogP contribution in [0.25, 0.3) is 0 Å². The van der Waals surface area contributed by atoms with E-state index in [-0.39, 0.29) is 11.9 Å². The number of rotatable bonds is 4. The van der Waals surface area contributed by atoms with Gasteiger partial charge >= 0.3 is 0 Å². The highest BCUT2D eigenvalue weighted by molar-refractivity contribution is 5.97. The molecular formula is C25H35NO3. The Morgan fingerprint density at radius 2 is 1.79 bits per heavy atom. The van der Waals surface area contributed by atoms with Gasteiger partial charge in [-0.15, -0.1) is 0 Å². The van der Waals surface area contributed by atoms with E-state index in [1.807, 2.05) is 24.1 Å². The minimum Gasteiger partial charge on any atom is -0.496 e. The molecule has 0 radical (unpaired) electrons. The lowest BCUT2D eigenvalue weighted by molar-refractivity contribution is -0.152. The van der Waals surface area contributed by atoms with Crippen molar-refractivity contribution in [2.45, 2.75) is 81.8 Å². The van der Waals surface area contributed by atoms with Crippen LogP contribution in [0.1, 0.15) is 86.0 Å². The predicted molar refractivity (Wildman–Crippen MR) is 113 cm³/mol. The number of nitrogens with zero attached hydrogens (tertiary/aromatic N) is 1. The number of carbonyl (C=O) groups is 1. The molecule has 5 aliphatic carbocycles. The maximum atomic E-state index is 13.6. The van der Waals surface area contributed by atoms with Gasteiger partial charge in [-0.2, -0.15) is 0 Å². The monoisotopic (exact) mass is 397 g/mol. The van der Waals surface area contributed by atoms with Gasteiger partial charge in [0.25, 0.3) is 5.91 Å². The van der Waals surface area contributed by atoms with Crippen LogP contribution in [0.3, 0.4) is 0 Å². The summed E-state index contributed by atoms with van der Waals surface area (Å²) >= 11 is 0. The molecule has 5 saturated carbocycles. The molecule has 1 aromatic carbocycles. The third-order valence-electron chi connectivity index (χ3n) is 8.48. The third-order valence-corrected chi connectivity index (χ3v) is 8.48. The van der Waals surface area contributed by atoms with Gasteiger partial charge in [-0.1, -0.05) is 31.4 Å². The number of benzene rings is 1. The maximum absolute atomic E-state index is 13.6. The van der Waals surface area contributed by atoms with E-state index in [0.717, 1.165) is 25.0 Å². The van der Waals surface area contributed by atoms with Crippen molar-refractivity contribution in [2.75, 3.05) is 14.2 Å². The number of carbonyl (C=O) groups excluding carboxylic acids is 1. The van der Waals surface area contributed by atoms with Crippen LogP contribution in [0.5, 0.6) is 5.75 Å². The van der Waals surface area contributed by atoms with Crippen LogP contribution in [0, 0.1) is 17.8 Å². The number of amides is 1. The van der Waals surface area contributed by atoms with Gasteiger partial charge < -0.3 is 14.7 Å². The van der Waals surface area contributed by atoms with E-state index in [4.69, 9.17) is 4.74 Å². The number of para-hydroxylation sites is 1. The number of hydrogen-bond acceptors (Lipinski definition) is 3. The fourth-order valence-corrected chi connectivity index (χ4v) is 7.60. The lowest BCUT2D eigenvalue weighted by Gasteiger charge is -2.59. The second kappa shape index (κ2) is 7.30. The number of methoxy groups -OCH3 is 1. The van der Waals surface area contributed by atoms with Crippen LogP contribution in [0.15, 0.2) is 18.2 Å². The van der Waals surface area contributed by atoms with Crippen molar-refractivity contribution in [1.82, 2.24) is 4.90 Å². The summed E-state index contributed by atoms with van der Waals surface area (Å²) in [6.45, 7) is 0. The highest BCUT2D eigenvalue weighted by Crippen LogP contribution is 2.57. The molecule has 1 amide bonds. The second-order valence-electron chi connectivity index (χ2n) is 10.4. The number of ether oxygens (including phenoxy) is 1. The van der Waals surface area contributed by atoms with Crippen LogP contribution < -0.4 is 4.74 Å². The first-order chi connectivity index (χ1) is 14.0. The standard InChI is InChI=1S/C25H35NO3/c1-26(22-18-11-16-12-19(22)15-25(28,13-16)14-18)24(27)21-10-6-9-20(23(21)29-2)17-7-4-3-5-8-17/h6,9-10,16-19,22,28H,3-5,7-8,11-15H2,1-2H3. The Labute approximate surface area is 174 Å². The molecule has 2 atom stereocenters. The summed E-state index contributed by atoms with van der Waals surface area (Å²) in [5, 5.41) is 10.9. The molecule has 0 heterocycles. The van der Waals surface area contributed by atoms with E-state index in [0.29, 0.717) is 29.2 Å².